The SMILES string of the molecule is CCC(CC(C)C(C)(N)C(=O)O)C1CC1. The number of hydrogen-bond donors (Lipinski definition) is 2. The fourth-order valence-corrected chi connectivity index (χ4v) is 2.17. The lowest BCUT2D eigenvalue weighted by molar-refractivity contribution is -0.144. The Kier molecular flexibility index (Phi) is 3.77. The van der Waals surface area contributed by atoms with Crippen molar-refractivity contribution in [3.05, 3.63) is 0 Å². The van der Waals surface area contributed by atoms with E-state index in [-0.39, 0.29) is 5.92 Å². The van der Waals surface area contributed by atoms with E-state index in [0.717, 1.165) is 18.8 Å². The first kappa shape index (κ1) is 12.5. The summed E-state index contributed by atoms with van der Waals surface area (Å²) in [6.45, 7) is 5.77. The topological polar surface area (TPSA) is 63.3 Å². The highest BCUT2D eigenvalue weighted by Gasteiger charge is 2.38. The maximum atomic E-state index is 11.0. The van der Waals surface area contributed by atoms with Gasteiger partial charge in [0.05, 0.1) is 0 Å². The van der Waals surface area contributed by atoms with Gasteiger partial charge in [0, 0.05) is 0 Å². The highest BCUT2D eigenvalue weighted by Crippen LogP contribution is 2.42. The number of carboxylic acid groups (broad SMARTS) is 1. The van der Waals surface area contributed by atoms with Crippen molar-refractivity contribution in [1.82, 2.24) is 0 Å². The molecule has 3 heteroatoms. The van der Waals surface area contributed by atoms with Gasteiger partial charge in [-0.2, -0.15) is 0 Å². The van der Waals surface area contributed by atoms with Crippen LogP contribution in [0.2, 0.25) is 0 Å². The minimum absolute atomic E-state index is 0.0422. The molecule has 88 valence electrons. The number of carboxylic acids is 1. The summed E-state index contributed by atoms with van der Waals surface area (Å²) in [6.07, 6.45) is 4.73. The highest BCUT2D eigenvalue weighted by atomic mass is 16.4. The summed E-state index contributed by atoms with van der Waals surface area (Å²) in [4.78, 5) is 11.0. The van der Waals surface area contributed by atoms with Gasteiger partial charge in [0.15, 0.2) is 0 Å². The van der Waals surface area contributed by atoms with Gasteiger partial charge in [0.2, 0.25) is 0 Å². The molecule has 1 aliphatic carbocycles. The fourth-order valence-electron chi connectivity index (χ4n) is 2.17. The summed E-state index contributed by atoms with van der Waals surface area (Å²) in [7, 11) is 0. The lowest BCUT2D eigenvalue weighted by atomic mass is 9.79. The molecule has 3 nitrogen and oxygen atoms in total. The predicted molar refractivity (Wildman–Crippen MR) is 60.5 cm³/mol. The van der Waals surface area contributed by atoms with Gasteiger partial charge < -0.3 is 10.8 Å². The van der Waals surface area contributed by atoms with Crippen LogP contribution in [-0.2, 0) is 4.79 Å². The lowest BCUT2D eigenvalue weighted by Crippen LogP contribution is -2.51. The molecular weight excluding hydrogens is 190 g/mol. The quantitative estimate of drug-likeness (QED) is 0.711. The molecule has 15 heavy (non-hydrogen) atoms. The first-order chi connectivity index (χ1) is 6.89. The zero-order chi connectivity index (χ0) is 11.6. The van der Waals surface area contributed by atoms with E-state index in [1.165, 1.54) is 12.8 Å². The van der Waals surface area contributed by atoms with Crippen LogP contribution in [-0.4, -0.2) is 16.6 Å². The van der Waals surface area contributed by atoms with E-state index < -0.39 is 11.5 Å². The Morgan fingerprint density at radius 1 is 1.60 bits per heavy atom. The zero-order valence-electron chi connectivity index (χ0n) is 9.99. The van der Waals surface area contributed by atoms with Crippen LogP contribution in [0.25, 0.3) is 0 Å². The summed E-state index contributed by atoms with van der Waals surface area (Å²) < 4.78 is 0. The largest absolute Gasteiger partial charge is 0.480 e. The molecule has 3 N–H and O–H groups in total. The normalized spacial score (nSPS) is 24.3. The van der Waals surface area contributed by atoms with Gasteiger partial charge in [0.25, 0.3) is 0 Å². The fraction of sp³-hybridized carbons (Fsp3) is 0.917. The molecule has 3 unspecified atom stereocenters. The molecule has 3 atom stereocenters. The van der Waals surface area contributed by atoms with Crippen LogP contribution in [0.1, 0.15) is 46.5 Å². The van der Waals surface area contributed by atoms with Gasteiger partial charge in [-0.25, -0.2) is 0 Å². The molecule has 0 aromatic rings. The van der Waals surface area contributed by atoms with Gasteiger partial charge >= 0.3 is 5.97 Å². The second kappa shape index (κ2) is 4.52. The lowest BCUT2D eigenvalue weighted by Gasteiger charge is -2.30. The predicted octanol–water partition coefficient (Wildman–Crippen LogP) is 2.25. The van der Waals surface area contributed by atoms with Gasteiger partial charge in [-0.3, -0.25) is 4.79 Å². The molecule has 0 amide bonds. The summed E-state index contributed by atoms with van der Waals surface area (Å²) in [5, 5.41) is 9.03. The molecule has 0 aliphatic heterocycles. The summed E-state index contributed by atoms with van der Waals surface area (Å²) in [6, 6.07) is 0. The van der Waals surface area contributed by atoms with Crippen molar-refractivity contribution in [2.45, 2.75) is 52.0 Å². The van der Waals surface area contributed by atoms with Crippen LogP contribution in [0.15, 0.2) is 0 Å². The number of hydrogen-bond acceptors (Lipinski definition) is 2. The van der Waals surface area contributed by atoms with Gasteiger partial charge in [-0.1, -0.05) is 20.3 Å². The minimum Gasteiger partial charge on any atom is -0.480 e. The zero-order valence-corrected chi connectivity index (χ0v) is 9.99. The van der Waals surface area contributed by atoms with E-state index in [4.69, 9.17) is 10.8 Å². The Morgan fingerprint density at radius 2 is 2.13 bits per heavy atom. The Balaban J connectivity index is 2.52. The third kappa shape index (κ3) is 2.94. The monoisotopic (exact) mass is 213 g/mol. The molecule has 1 aliphatic rings. The van der Waals surface area contributed by atoms with E-state index >= 15 is 0 Å². The van der Waals surface area contributed by atoms with Crippen LogP contribution >= 0.6 is 0 Å². The third-order valence-electron chi connectivity index (χ3n) is 3.95. The summed E-state index contributed by atoms with van der Waals surface area (Å²) in [5.41, 5.74) is 4.75. The van der Waals surface area contributed by atoms with Gasteiger partial charge in [-0.15, -0.1) is 0 Å². The third-order valence-corrected chi connectivity index (χ3v) is 3.95. The number of aliphatic carboxylic acids is 1. The van der Waals surface area contributed by atoms with E-state index in [9.17, 15) is 4.79 Å². The van der Waals surface area contributed by atoms with Crippen molar-refractivity contribution < 1.29 is 9.90 Å². The van der Waals surface area contributed by atoms with Crippen molar-refractivity contribution in [3.8, 4) is 0 Å². The number of rotatable bonds is 6. The molecule has 0 spiro atoms. The van der Waals surface area contributed by atoms with Gasteiger partial charge in [-0.05, 0) is 43.9 Å². The summed E-state index contributed by atoms with van der Waals surface area (Å²) in [5.74, 6) is 0.658. The van der Waals surface area contributed by atoms with Crippen LogP contribution in [0.5, 0.6) is 0 Å². The molecular formula is C12H23NO2. The number of carbonyl (C=O) groups is 1. The molecule has 1 rings (SSSR count). The average molecular weight is 213 g/mol. The maximum Gasteiger partial charge on any atom is 0.323 e. The van der Waals surface area contributed by atoms with Gasteiger partial charge in [0.1, 0.15) is 5.54 Å². The van der Waals surface area contributed by atoms with Crippen molar-refractivity contribution in [2.24, 2.45) is 23.5 Å². The van der Waals surface area contributed by atoms with Crippen molar-refractivity contribution >= 4 is 5.97 Å². The summed E-state index contributed by atoms with van der Waals surface area (Å²) >= 11 is 0. The Morgan fingerprint density at radius 3 is 2.47 bits per heavy atom. The smallest absolute Gasteiger partial charge is 0.323 e. The Hall–Kier alpha value is -0.570. The van der Waals surface area contributed by atoms with Crippen molar-refractivity contribution in [1.29, 1.82) is 0 Å². The minimum atomic E-state index is -1.08. The van der Waals surface area contributed by atoms with Crippen molar-refractivity contribution in [3.63, 3.8) is 0 Å². The van der Waals surface area contributed by atoms with E-state index in [2.05, 4.69) is 6.92 Å². The second-order valence-electron chi connectivity index (χ2n) is 5.23. The molecule has 0 bridgehead atoms. The first-order valence-electron chi connectivity index (χ1n) is 5.91. The van der Waals surface area contributed by atoms with Crippen LogP contribution in [0.4, 0.5) is 0 Å². The molecule has 0 saturated heterocycles. The van der Waals surface area contributed by atoms with E-state index in [1.54, 1.807) is 6.92 Å². The van der Waals surface area contributed by atoms with Crippen LogP contribution < -0.4 is 5.73 Å². The molecule has 1 fully saturated rings. The first-order valence-corrected chi connectivity index (χ1v) is 5.91. The maximum absolute atomic E-state index is 11.0. The van der Waals surface area contributed by atoms with Crippen molar-refractivity contribution in [2.75, 3.05) is 0 Å². The molecule has 0 aromatic heterocycles. The molecule has 0 heterocycles. The van der Waals surface area contributed by atoms with E-state index in [1.807, 2.05) is 6.92 Å². The van der Waals surface area contributed by atoms with Crippen LogP contribution in [0, 0.1) is 17.8 Å². The van der Waals surface area contributed by atoms with E-state index in [0.29, 0.717) is 5.92 Å². The Bertz CT molecular complexity index is 234. The Labute approximate surface area is 92.0 Å². The highest BCUT2D eigenvalue weighted by molar-refractivity contribution is 5.78. The van der Waals surface area contributed by atoms with Crippen LogP contribution in [0.3, 0.4) is 0 Å². The molecule has 0 aromatic carbocycles. The molecule has 0 radical (unpaired) electrons. The average Bonchev–Trinajstić information content (AvgIpc) is 2.96. The standard InChI is InChI=1S/C12H23NO2/c1-4-9(10-5-6-10)7-8(2)12(3,13)11(14)15/h8-10H,4-7,13H2,1-3H3,(H,14,15). The molecule has 1 saturated carbocycles. The second-order valence-corrected chi connectivity index (χ2v) is 5.23. The number of nitrogens with two attached hydrogens (primary N) is 1.